The Bertz CT molecular complexity index is 467. The highest BCUT2D eigenvalue weighted by atomic mass is 32.2. The lowest BCUT2D eigenvalue weighted by atomic mass is 10.0. The van der Waals surface area contributed by atoms with E-state index in [1.165, 1.54) is 0 Å². The molecule has 0 bridgehead atoms. The molecule has 6 nitrogen and oxygen atoms in total. The molecule has 1 aromatic heterocycles. The zero-order valence-electron chi connectivity index (χ0n) is 10.9. The Hall–Kier alpha value is -0.920. The summed E-state index contributed by atoms with van der Waals surface area (Å²) in [4.78, 5) is 0. The summed E-state index contributed by atoms with van der Waals surface area (Å²) in [5.74, 6) is 0.487. The smallest absolute Gasteiger partial charge is 0.217 e. The summed E-state index contributed by atoms with van der Waals surface area (Å²) < 4.78 is 31.3. The highest BCUT2D eigenvalue weighted by Gasteiger charge is 2.21. The van der Waals surface area contributed by atoms with Gasteiger partial charge in [-0.15, -0.1) is 0 Å². The van der Waals surface area contributed by atoms with Gasteiger partial charge in [-0.05, 0) is 19.3 Å². The molecule has 0 aromatic carbocycles. The lowest BCUT2D eigenvalue weighted by Crippen LogP contribution is -2.39. The third-order valence-corrected chi connectivity index (χ3v) is 3.93. The molecular weight excluding hydrogens is 256 g/mol. The van der Waals surface area contributed by atoms with E-state index in [9.17, 15) is 8.42 Å². The van der Waals surface area contributed by atoms with Crippen LogP contribution in [0.5, 0.6) is 0 Å². The maximum absolute atomic E-state index is 11.9. The Balaban J connectivity index is 2.68. The van der Waals surface area contributed by atoms with Crippen LogP contribution in [-0.2, 0) is 15.8 Å². The molecule has 1 heterocycles. The van der Waals surface area contributed by atoms with Crippen molar-refractivity contribution >= 4 is 10.0 Å². The number of hydrogen-bond acceptors (Lipinski definition) is 5. The van der Waals surface area contributed by atoms with Gasteiger partial charge in [0.15, 0.2) is 0 Å². The van der Waals surface area contributed by atoms with E-state index in [4.69, 9.17) is 9.63 Å². The van der Waals surface area contributed by atoms with Crippen LogP contribution in [0.25, 0.3) is 0 Å². The molecule has 1 unspecified atom stereocenters. The number of aryl methyl sites for hydroxylation is 1. The van der Waals surface area contributed by atoms with Gasteiger partial charge in [0.25, 0.3) is 0 Å². The van der Waals surface area contributed by atoms with Crippen LogP contribution >= 0.6 is 0 Å². The number of sulfonamides is 1. The lowest BCUT2D eigenvalue weighted by Gasteiger charge is -2.20. The summed E-state index contributed by atoms with van der Waals surface area (Å²) >= 11 is 0. The number of aromatic nitrogens is 1. The second-order valence-electron chi connectivity index (χ2n) is 4.67. The van der Waals surface area contributed by atoms with Gasteiger partial charge in [0.1, 0.15) is 17.2 Å². The van der Waals surface area contributed by atoms with Gasteiger partial charge >= 0.3 is 0 Å². The fourth-order valence-electron chi connectivity index (χ4n) is 1.62. The average molecular weight is 276 g/mol. The van der Waals surface area contributed by atoms with Crippen molar-refractivity contribution in [1.29, 1.82) is 0 Å². The molecule has 0 saturated carbocycles. The first-order valence-electron chi connectivity index (χ1n) is 5.87. The van der Waals surface area contributed by atoms with Gasteiger partial charge in [-0.1, -0.05) is 19.0 Å². The van der Waals surface area contributed by atoms with Gasteiger partial charge in [0.2, 0.25) is 10.0 Å². The fourth-order valence-corrected chi connectivity index (χ4v) is 3.08. The van der Waals surface area contributed by atoms with E-state index in [0.29, 0.717) is 17.9 Å². The Morgan fingerprint density at radius 3 is 2.61 bits per heavy atom. The molecule has 2 N–H and O–H groups in total. The first kappa shape index (κ1) is 15.1. The highest BCUT2D eigenvalue weighted by Crippen LogP contribution is 2.10. The van der Waals surface area contributed by atoms with Crippen molar-refractivity contribution in [1.82, 2.24) is 9.88 Å². The molecule has 0 fully saturated rings. The summed E-state index contributed by atoms with van der Waals surface area (Å²) in [6, 6.07) is 1.32. The van der Waals surface area contributed by atoms with Gasteiger partial charge in [-0.3, -0.25) is 0 Å². The van der Waals surface area contributed by atoms with Crippen LogP contribution in [0.2, 0.25) is 0 Å². The molecule has 18 heavy (non-hydrogen) atoms. The molecule has 7 heteroatoms. The van der Waals surface area contributed by atoms with Crippen molar-refractivity contribution in [2.75, 3.05) is 6.61 Å². The summed E-state index contributed by atoms with van der Waals surface area (Å²) in [5.41, 5.74) is 0.381. The molecule has 1 atom stereocenters. The first-order valence-corrected chi connectivity index (χ1v) is 7.52. The van der Waals surface area contributed by atoms with E-state index in [1.807, 2.05) is 13.8 Å². The number of nitrogens with one attached hydrogen (secondary N) is 1. The van der Waals surface area contributed by atoms with Crippen LogP contribution in [-0.4, -0.2) is 31.3 Å². The van der Waals surface area contributed by atoms with Crippen LogP contribution in [0.15, 0.2) is 10.6 Å². The predicted molar refractivity (Wildman–Crippen MR) is 67.3 cm³/mol. The van der Waals surface area contributed by atoms with Crippen molar-refractivity contribution in [3.8, 4) is 0 Å². The van der Waals surface area contributed by atoms with Crippen LogP contribution in [0.3, 0.4) is 0 Å². The van der Waals surface area contributed by atoms with Crippen LogP contribution in [0, 0.1) is 12.8 Å². The minimum Gasteiger partial charge on any atom is -0.396 e. The number of nitrogens with zero attached hydrogens (tertiary/aromatic N) is 1. The zero-order valence-corrected chi connectivity index (χ0v) is 11.7. The second-order valence-corrected chi connectivity index (χ2v) is 6.42. The first-order chi connectivity index (χ1) is 8.34. The fraction of sp³-hybridized carbons (Fsp3) is 0.727. The monoisotopic (exact) mass is 276 g/mol. The second kappa shape index (κ2) is 6.31. The summed E-state index contributed by atoms with van der Waals surface area (Å²) in [7, 11) is -3.47. The Morgan fingerprint density at radius 2 is 2.17 bits per heavy atom. The van der Waals surface area contributed by atoms with E-state index >= 15 is 0 Å². The highest BCUT2D eigenvalue weighted by molar-refractivity contribution is 7.88. The van der Waals surface area contributed by atoms with Crippen molar-refractivity contribution in [3.63, 3.8) is 0 Å². The van der Waals surface area contributed by atoms with Gasteiger partial charge < -0.3 is 9.63 Å². The van der Waals surface area contributed by atoms with Crippen molar-refractivity contribution in [2.45, 2.75) is 39.0 Å². The van der Waals surface area contributed by atoms with Crippen molar-refractivity contribution in [2.24, 2.45) is 5.92 Å². The van der Waals surface area contributed by atoms with E-state index < -0.39 is 10.0 Å². The van der Waals surface area contributed by atoms with E-state index in [0.717, 1.165) is 0 Å². The topological polar surface area (TPSA) is 92.4 Å². The molecular formula is C11H20N2O4S. The van der Waals surface area contributed by atoms with Gasteiger partial charge in [0, 0.05) is 18.7 Å². The van der Waals surface area contributed by atoms with Gasteiger partial charge in [-0.2, -0.15) is 0 Å². The molecule has 0 radical (unpaired) electrons. The zero-order chi connectivity index (χ0) is 13.8. The summed E-state index contributed by atoms with van der Waals surface area (Å²) in [5, 5.41) is 12.6. The molecule has 0 amide bonds. The van der Waals surface area contributed by atoms with Crippen LogP contribution in [0.4, 0.5) is 0 Å². The molecule has 0 aliphatic carbocycles. The van der Waals surface area contributed by atoms with Crippen LogP contribution < -0.4 is 4.72 Å². The molecule has 1 aromatic rings. The number of hydrogen-bond donors (Lipinski definition) is 2. The quantitative estimate of drug-likeness (QED) is 0.769. The standard InChI is InChI=1S/C11H20N2O4S/c1-8(2)11(4-5-14)13-18(15,16)7-10-6-9(3)17-12-10/h6,8,11,13-14H,4-5,7H2,1-3H3. The number of rotatable bonds is 7. The summed E-state index contributed by atoms with van der Waals surface area (Å²) in [6.07, 6.45) is 0.398. The molecule has 0 aliphatic heterocycles. The molecule has 0 saturated heterocycles. The third kappa shape index (κ3) is 4.75. The Labute approximate surface area is 107 Å². The van der Waals surface area contributed by atoms with E-state index in [1.54, 1.807) is 13.0 Å². The van der Waals surface area contributed by atoms with Gasteiger partial charge in [-0.25, -0.2) is 13.1 Å². The maximum Gasteiger partial charge on any atom is 0.217 e. The normalized spacial score (nSPS) is 14.1. The Kier molecular flexibility index (Phi) is 5.30. The van der Waals surface area contributed by atoms with Crippen molar-refractivity contribution in [3.05, 3.63) is 17.5 Å². The van der Waals surface area contributed by atoms with Gasteiger partial charge in [0.05, 0.1) is 0 Å². The largest absolute Gasteiger partial charge is 0.396 e. The number of aliphatic hydroxyl groups excluding tert-OH is 1. The Morgan fingerprint density at radius 1 is 1.50 bits per heavy atom. The third-order valence-electron chi connectivity index (χ3n) is 2.59. The molecule has 0 aliphatic rings. The van der Waals surface area contributed by atoms with E-state index in [-0.39, 0.29) is 24.3 Å². The lowest BCUT2D eigenvalue weighted by molar-refractivity contribution is 0.256. The summed E-state index contributed by atoms with van der Waals surface area (Å²) in [6.45, 7) is 5.47. The van der Waals surface area contributed by atoms with Crippen LogP contribution in [0.1, 0.15) is 31.7 Å². The minimum atomic E-state index is -3.47. The minimum absolute atomic E-state index is 0.0472. The molecule has 0 spiro atoms. The molecule has 1 rings (SSSR count). The SMILES string of the molecule is Cc1cc(CS(=O)(=O)NC(CCO)C(C)C)no1. The predicted octanol–water partition coefficient (Wildman–Crippen LogP) is 0.809. The molecule has 104 valence electrons. The number of aliphatic hydroxyl groups is 1. The van der Waals surface area contributed by atoms with Crippen molar-refractivity contribution < 1.29 is 18.0 Å². The maximum atomic E-state index is 11.9. The average Bonchev–Trinajstić information content (AvgIpc) is 2.62. The van der Waals surface area contributed by atoms with E-state index in [2.05, 4.69) is 9.88 Å².